The van der Waals surface area contributed by atoms with Crippen molar-refractivity contribution in [3.8, 4) is 17.5 Å². The number of hydrogen-bond acceptors (Lipinski definition) is 4. The molecule has 0 amide bonds. The van der Waals surface area contributed by atoms with Crippen molar-refractivity contribution in [2.75, 3.05) is 12.8 Å². The molecule has 2 N–H and O–H groups in total. The van der Waals surface area contributed by atoms with Crippen LogP contribution in [0.3, 0.4) is 0 Å². The summed E-state index contributed by atoms with van der Waals surface area (Å²) in [5, 5.41) is 8.99. The number of aromatic nitrogens is 2. The summed E-state index contributed by atoms with van der Waals surface area (Å²) >= 11 is 3.45. The van der Waals surface area contributed by atoms with Crippen LogP contribution in [0.2, 0.25) is 0 Å². The SMILES string of the molecule is COc1cc(C#N)ccc1-n1c(N)nc2ccc(Br)cc21. The summed E-state index contributed by atoms with van der Waals surface area (Å²) in [5.41, 5.74) is 8.98. The molecule has 0 spiro atoms. The predicted octanol–water partition coefficient (Wildman–Crippen LogP) is 3.25. The molecule has 21 heavy (non-hydrogen) atoms. The lowest BCUT2D eigenvalue weighted by Gasteiger charge is -2.12. The second-order valence-electron chi connectivity index (χ2n) is 4.44. The van der Waals surface area contributed by atoms with E-state index in [-0.39, 0.29) is 0 Å². The fourth-order valence-electron chi connectivity index (χ4n) is 2.25. The van der Waals surface area contributed by atoms with Crippen molar-refractivity contribution in [2.45, 2.75) is 0 Å². The van der Waals surface area contributed by atoms with Gasteiger partial charge in [0, 0.05) is 10.5 Å². The third kappa shape index (κ3) is 2.22. The Morgan fingerprint density at radius 3 is 2.81 bits per heavy atom. The summed E-state index contributed by atoms with van der Waals surface area (Å²) < 4.78 is 8.12. The molecular weight excluding hydrogens is 332 g/mol. The molecule has 0 atom stereocenters. The van der Waals surface area contributed by atoms with Crippen molar-refractivity contribution >= 4 is 32.9 Å². The highest BCUT2D eigenvalue weighted by molar-refractivity contribution is 9.10. The molecule has 3 aromatic rings. The van der Waals surface area contributed by atoms with Crippen LogP contribution in [0.1, 0.15) is 5.56 Å². The molecule has 6 heteroatoms. The first-order valence-corrected chi connectivity index (χ1v) is 6.95. The van der Waals surface area contributed by atoms with Crippen LogP contribution in [0, 0.1) is 11.3 Å². The molecule has 0 bridgehead atoms. The van der Waals surface area contributed by atoms with Gasteiger partial charge in [-0.2, -0.15) is 5.26 Å². The van der Waals surface area contributed by atoms with Crippen molar-refractivity contribution in [3.63, 3.8) is 0 Å². The Bertz CT molecular complexity index is 879. The molecule has 0 aliphatic carbocycles. The smallest absolute Gasteiger partial charge is 0.206 e. The zero-order chi connectivity index (χ0) is 15.0. The highest BCUT2D eigenvalue weighted by atomic mass is 79.9. The molecule has 0 saturated carbocycles. The van der Waals surface area contributed by atoms with Gasteiger partial charge in [0.1, 0.15) is 5.75 Å². The molecule has 0 fully saturated rings. The van der Waals surface area contributed by atoms with Gasteiger partial charge in [-0.05, 0) is 30.3 Å². The van der Waals surface area contributed by atoms with E-state index >= 15 is 0 Å². The Labute approximate surface area is 129 Å². The number of rotatable bonds is 2. The maximum absolute atomic E-state index is 8.99. The standard InChI is InChI=1S/C15H11BrN4O/c1-21-14-6-9(8-17)2-5-12(14)20-13-7-10(16)3-4-11(13)19-15(20)18/h2-7H,1H3,(H2,18,19). The lowest BCUT2D eigenvalue weighted by Crippen LogP contribution is -2.03. The second-order valence-corrected chi connectivity index (χ2v) is 5.35. The van der Waals surface area contributed by atoms with Gasteiger partial charge in [-0.15, -0.1) is 0 Å². The van der Waals surface area contributed by atoms with Gasteiger partial charge in [-0.3, -0.25) is 4.57 Å². The van der Waals surface area contributed by atoms with E-state index in [2.05, 4.69) is 27.0 Å². The molecule has 0 aliphatic rings. The van der Waals surface area contributed by atoms with Gasteiger partial charge in [-0.25, -0.2) is 4.98 Å². The Kier molecular flexibility index (Phi) is 3.28. The number of halogens is 1. The minimum Gasteiger partial charge on any atom is -0.495 e. The van der Waals surface area contributed by atoms with Gasteiger partial charge in [-0.1, -0.05) is 15.9 Å². The van der Waals surface area contributed by atoms with Crippen LogP contribution in [-0.4, -0.2) is 16.7 Å². The molecule has 0 aliphatic heterocycles. The number of benzene rings is 2. The molecule has 0 radical (unpaired) electrons. The fourth-order valence-corrected chi connectivity index (χ4v) is 2.60. The molecule has 0 unspecified atom stereocenters. The van der Waals surface area contributed by atoms with E-state index in [4.69, 9.17) is 15.7 Å². The minimum atomic E-state index is 0.367. The Balaban J connectivity index is 2.32. The monoisotopic (exact) mass is 342 g/mol. The number of hydrogen-bond donors (Lipinski definition) is 1. The number of nitrogen functional groups attached to an aromatic ring is 1. The zero-order valence-corrected chi connectivity index (χ0v) is 12.8. The van der Waals surface area contributed by atoms with Gasteiger partial charge >= 0.3 is 0 Å². The first-order valence-electron chi connectivity index (χ1n) is 6.16. The summed E-state index contributed by atoms with van der Waals surface area (Å²) in [6.45, 7) is 0. The van der Waals surface area contributed by atoms with E-state index in [1.807, 2.05) is 18.2 Å². The summed E-state index contributed by atoms with van der Waals surface area (Å²) in [7, 11) is 1.56. The summed E-state index contributed by atoms with van der Waals surface area (Å²) in [5.74, 6) is 0.936. The van der Waals surface area contributed by atoms with E-state index < -0.39 is 0 Å². The third-order valence-electron chi connectivity index (χ3n) is 3.19. The number of anilines is 1. The van der Waals surface area contributed by atoms with Gasteiger partial charge < -0.3 is 10.5 Å². The highest BCUT2D eigenvalue weighted by Gasteiger charge is 2.14. The van der Waals surface area contributed by atoms with Crippen LogP contribution < -0.4 is 10.5 Å². The number of fused-ring (bicyclic) bond motifs is 1. The van der Waals surface area contributed by atoms with E-state index in [1.54, 1.807) is 29.9 Å². The van der Waals surface area contributed by atoms with E-state index in [1.165, 1.54) is 0 Å². The van der Waals surface area contributed by atoms with Crippen LogP contribution in [0.5, 0.6) is 5.75 Å². The summed E-state index contributed by atoms with van der Waals surface area (Å²) in [6.07, 6.45) is 0. The predicted molar refractivity (Wildman–Crippen MR) is 84.4 cm³/mol. The normalized spacial score (nSPS) is 10.5. The molecule has 3 rings (SSSR count). The molecule has 5 nitrogen and oxygen atoms in total. The van der Waals surface area contributed by atoms with Crippen LogP contribution in [0.25, 0.3) is 16.7 Å². The zero-order valence-electron chi connectivity index (χ0n) is 11.2. The first-order chi connectivity index (χ1) is 10.1. The maximum atomic E-state index is 8.99. The Hall–Kier alpha value is -2.52. The first kappa shape index (κ1) is 13.5. The summed E-state index contributed by atoms with van der Waals surface area (Å²) in [6, 6.07) is 13.0. The van der Waals surface area contributed by atoms with Crippen molar-refractivity contribution in [1.82, 2.24) is 9.55 Å². The van der Waals surface area contributed by atoms with Gasteiger partial charge in [0.05, 0.1) is 35.5 Å². The topological polar surface area (TPSA) is 76.9 Å². The average molecular weight is 343 g/mol. The quantitative estimate of drug-likeness (QED) is 0.775. The van der Waals surface area contributed by atoms with Crippen LogP contribution in [0.4, 0.5) is 5.95 Å². The molecule has 1 heterocycles. The number of ether oxygens (including phenoxy) is 1. The number of methoxy groups -OCH3 is 1. The number of nitrogens with two attached hydrogens (primary N) is 1. The average Bonchev–Trinajstić information content (AvgIpc) is 2.81. The minimum absolute atomic E-state index is 0.367. The van der Waals surface area contributed by atoms with Crippen LogP contribution in [-0.2, 0) is 0 Å². The highest BCUT2D eigenvalue weighted by Crippen LogP contribution is 2.31. The third-order valence-corrected chi connectivity index (χ3v) is 3.69. The van der Waals surface area contributed by atoms with E-state index in [9.17, 15) is 0 Å². The fraction of sp³-hybridized carbons (Fsp3) is 0.0667. The van der Waals surface area contributed by atoms with Gasteiger partial charge in [0.15, 0.2) is 0 Å². The van der Waals surface area contributed by atoms with E-state index in [0.29, 0.717) is 17.3 Å². The Morgan fingerprint density at radius 1 is 1.29 bits per heavy atom. The molecular formula is C15H11BrN4O. The molecule has 1 aromatic heterocycles. The van der Waals surface area contributed by atoms with Gasteiger partial charge in [0.25, 0.3) is 0 Å². The molecule has 104 valence electrons. The Morgan fingerprint density at radius 2 is 2.10 bits per heavy atom. The number of nitriles is 1. The van der Waals surface area contributed by atoms with Gasteiger partial charge in [0.2, 0.25) is 5.95 Å². The van der Waals surface area contributed by atoms with Crippen LogP contribution in [0.15, 0.2) is 40.9 Å². The molecule has 0 saturated heterocycles. The van der Waals surface area contributed by atoms with E-state index in [0.717, 1.165) is 21.2 Å². The molecule has 2 aromatic carbocycles. The lowest BCUT2D eigenvalue weighted by molar-refractivity contribution is 0.413. The van der Waals surface area contributed by atoms with Crippen molar-refractivity contribution < 1.29 is 4.74 Å². The van der Waals surface area contributed by atoms with Crippen molar-refractivity contribution in [1.29, 1.82) is 5.26 Å². The maximum Gasteiger partial charge on any atom is 0.206 e. The lowest BCUT2D eigenvalue weighted by atomic mass is 10.2. The largest absolute Gasteiger partial charge is 0.495 e. The summed E-state index contributed by atoms with van der Waals surface area (Å²) in [4.78, 5) is 4.35. The second kappa shape index (κ2) is 5.11. The van der Waals surface area contributed by atoms with Crippen molar-refractivity contribution in [3.05, 3.63) is 46.4 Å². The van der Waals surface area contributed by atoms with Crippen LogP contribution >= 0.6 is 15.9 Å². The number of imidazole rings is 1. The van der Waals surface area contributed by atoms with Crippen molar-refractivity contribution in [2.24, 2.45) is 0 Å². The number of nitrogens with zero attached hydrogens (tertiary/aromatic N) is 3.